The van der Waals surface area contributed by atoms with Gasteiger partial charge in [-0.3, -0.25) is 22.8 Å². The Balaban J connectivity index is 1.38. The number of aromatic hydroxyl groups is 2. The quantitative estimate of drug-likeness (QED) is 0.0126. The zero-order valence-electron chi connectivity index (χ0n) is 46.7. The molecule has 464 valence electrons. The summed E-state index contributed by atoms with van der Waals surface area (Å²) in [5.74, 6) is -2.69. The van der Waals surface area contributed by atoms with Crippen molar-refractivity contribution in [3.63, 3.8) is 0 Å². The molecule has 0 aliphatic carbocycles. The number of fused-ring (bicyclic) bond motifs is 6. The highest BCUT2D eigenvalue weighted by atomic mass is 32.2. The van der Waals surface area contributed by atoms with Crippen LogP contribution in [0, 0.1) is 0 Å². The van der Waals surface area contributed by atoms with Gasteiger partial charge < -0.3 is 38.9 Å². The molecule has 2 aliphatic heterocycles. The number of carbonyl (C=O) groups is 1. The van der Waals surface area contributed by atoms with Crippen molar-refractivity contribution in [2.24, 2.45) is 0 Å². The van der Waals surface area contributed by atoms with Gasteiger partial charge in [0.25, 0.3) is 50.6 Å². The number of ether oxygens (including phenoxy) is 4. The van der Waals surface area contributed by atoms with Crippen molar-refractivity contribution in [2.45, 2.75) is 90.2 Å². The minimum Gasteiger partial charge on any atom is -0.492 e. The molecular formula is C54H66N3O23S5+. The lowest BCUT2D eigenvalue weighted by molar-refractivity contribution is -0.438. The average Bonchev–Trinajstić information content (AvgIpc) is 1.64. The van der Waals surface area contributed by atoms with Gasteiger partial charge in [0.2, 0.25) is 17.4 Å². The van der Waals surface area contributed by atoms with Gasteiger partial charge in [-0.05, 0) is 106 Å². The predicted molar refractivity (Wildman–Crippen MR) is 309 cm³/mol. The summed E-state index contributed by atoms with van der Waals surface area (Å²) in [6, 6.07) is 11.4. The van der Waals surface area contributed by atoms with Gasteiger partial charge in [0.05, 0.1) is 67.0 Å². The molecular weight excluding hydrogens is 1220 g/mol. The van der Waals surface area contributed by atoms with E-state index in [1.165, 1.54) is 12.1 Å². The van der Waals surface area contributed by atoms with Gasteiger partial charge in [-0.15, -0.1) is 4.73 Å². The molecule has 7 rings (SSSR count). The second-order valence-corrected chi connectivity index (χ2v) is 27.7. The number of nitrogens with zero attached hydrogens (tertiary/aromatic N) is 3. The van der Waals surface area contributed by atoms with E-state index in [0.29, 0.717) is 76.2 Å². The van der Waals surface area contributed by atoms with E-state index in [1.54, 1.807) is 75.8 Å². The van der Waals surface area contributed by atoms with Crippen LogP contribution in [0.2, 0.25) is 0 Å². The molecule has 26 nitrogen and oxygen atoms in total. The fourth-order valence-electron chi connectivity index (χ4n) is 10.9. The number of anilines is 1. The van der Waals surface area contributed by atoms with E-state index in [1.807, 2.05) is 4.90 Å². The van der Waals surface area contributed by atoms with Crippen LogP contribution in [0.25, 0.3) is 21.5 Å². The van der Waals surface area contributed by atoms with Crippen molar-refractivity contribution in [3.8, 4) is 11.8 Å². The van der Waals surface area contributed by atoms with Gasteiger partial charge in [0.1, 0.15) is 16.3 Å². The minimum atomic E-state index is -5.17. The molecule has 31 heteroatoms. The van der Waals surface area contributed by atoms with Crippen LogP contribution in [0.3, 0.4) is 0 Å². The molecule has 0 amide bonds. The van der Waals surface area contributed by atoms with Crippen molar-refractivity contribution in [1.82, 2.24) is 4.73 Å². The van der Waals surface area contributed by atoms with E-state index >= 15 is 0 Å². The predicted octanol–water partition coefficient (Wildman–Crippen LogP) is 5.92. The van der Waals surface area contributed by atoms with E-state index in [4.69, 9.17) is 23.8 Å². The highest BCUT2D eigenvalue weighted by Crippen LogP contribution is 2.54. The Bertz CT molecular complexity index is 4120. The molecule has 7 N–H and O–H groups in total. The molecule has 0 saturated carbocycles. The molecule has 0 saturated heterocycles. The number of methoxy groups -OCH3 is 1. The van der Waals surface area contributed by atoms with Crippen molar-refractivity contribution < 1.29 is 108 Å². The lowest BCUT2D eigenvalue weighted by Crippen LogP contribution is -2.33. The average molecular weight is 1290 g/mol. The Morgan fingerprint density at radius 1 is 0.635 bits per heavy atom. The highest BCUT2D eigenvalue weighted by Gasteiger charge is 2.50. The van der Waals surface area contributed by atoms with Crippen LogP contribution >= 0.6 is 0 Å². The van der Waals surface area contributed by atoms with Crippen molar-refractivity contribution in [2.75, 3.05) is 77.1 Å². The molecule has 1 aromatic heterocycles. The summed E-state index contributed by atoms with van der Waals surface area (Å²) in [5, 5.41) is 20.0. The molecule has 0 bridgehead atoms. The van der Waals surface area contributed by atoms with E-state index < -0.39 is 104 Å². The third-order valence-corrected chi connectivity index (χ3v) is 19.0. The highest BCUT2D eigenvalue weighted by molar-refractivity contribution is 7.87. The van der Waals surface area contributed by atoms with Crippen LogP contribution in [-0.2, 0) is 85.2 Å². The molecule has 5 aromatic rings. The minimum absolute atomic E-state index is 0.00116. The summed E-state index contributed by atoms with van der Waals surface area (Å²) >= 11 is 0. The smallest absolute Gasteiger partial charge is 0.333 e. The van der Waals surface area contributed by atoms with Gasteiger partial charge in [-0.25, -0.2) is 4.79 Å². The van der Waals surface area contributed by atoms with Gasteiger partial charge >= 0.3 is 5.97 Å². The molecule has 2 atom stereocenters. The first-order valence-corrected chi connectivity index (χ1v) is 33.6. The van der Waals surface area contributed by atoms with Crippen molar-refractivity contribution >= 4 is 95.2 Å². The Labute approximate surface area is 491 Å². The first kappa shape index (κ1) is 66.4. The molecule has 2 unspecified atom stereocenters. The van der Waals surface area contributed by atoms with E-state index in [2.05, 4.69) is 0 Å². The maximum absolute atomic E-state index is 13.2. The third-order valence-electron chi connectivity index (χ3n) is 14.7. The van der Waals surface area contributed by atoms with Gasteiger partial charge in [-0.2, -0.15) is 46.7 Å². The Hall–Kier alpha value is -6.17. The van der Waals surface area contributed by atoms with E-state index in [9.17, 15) is 79.9 Å². The summed E-state index contributed by atoms with van der Waals surface area (Å²) in [6.07, 6.45) is 6.42. The maximum Gasteiger partial charge on any atom is 0.333 e. The van der Waals surface area contributed by atoms with Gasteiger partial charge in [-0.1, -0.05) is 23.8 Å². The molecule has 85 heavy (non-hydrogen) atoms. The third kappa shape index (κ3) is 15.0. The second kappa shape index (κ2) is 26.0. The van der Waals surface area contributed by atoms with E-state index in [0.717, 1.165) is 24.3 Å². The van der Waals surface area contributed by atoms with Crippen LogP contribution in [0.1, 0.15) is 70.9 Å². The standard InChI is InChI=1S/C54H65N3O23S5/c1-6-55-42-14-12-38-40(31-36(82(64,65)66)33-44(38)84(70,71)72)51(42)53(3,20-8-30-81(61,62)63)46(55)16-10-35(2)11-17-47-54(4,21-23-77-26-27-79-29-28-78-25-24-76-5)52-41-32-37(83(67,68)69)34-45(85(73,74)75)39(41)13-15-43(52)56(47)22-7-9-50(60)80-57-48(58)18-19-49(57)59/h10-19,31-34H,6-9,20-30H2,1-5H3,(H6-,58,59,61,62,63,64,65,66,67,68,69,70,71,72,73,74,75)/p+1. The lowest BCUT2D eigenvalue weighted by atomic mass is 9.74. The number of allylic oxidation sites excluding steroid dienone is 6. The number of hydrogen-bond donors (Lipinski definition) is 7. The van der Waals surface area contributed by atoms with Crippen LogP contribution < -0.4 is 9.74 Å². The molecule has 0 spiro atoms. The van der Waals surface area contributed by atoms with Crippen LogP contribution in [-0.4, -0.2) is 168 Å². The zero-order valence-corrected chi connectivity index (χ0v) is 50.8. The van der Waals surface area contributed by atoms with Crippen LogP contribution in [0.5, 0.6) is 11.8 Å². The summed E-state index contributed by atoms with van der Waals surface area (Å²) in [6.45, 7) is 8.80. The number of carbonyl (C=O) groups excluding carboxylic acids is 1. The molecule has 4 aromatic carbocycles. The number of rotatable bonds is 29. The van der Waals surface area contributed by atoms with Gasteiger partial charge in [0.15, 0.2) is 5.71 Å². The first-order chi connectivity index (χ1) is 39.7. The first-order valence-electron chi connectivity index (χ1n) is 26.3. The fraction of sp³-hybridized carbons (Fsp3) is 0.407. The summed E-state index contributed by atoms with van der Waals surface area (Å²) < 4.78 is 202. The summed E-state index contributed by atoms with van der Waals surface area (Å²) in [5.41, 5.74) is 0.327. The normalized spacial score (nSPS) is 18.4. The largest absolute Gasteiger partial charge is 0.492 e. The van der Waals surface area contributed by atoms with E-state index in [-0.39, 0.29) is 93.2 Å². The molecule has 0 radical (unpaired) electrons. The zero-order chi connectivity index (χ0) is 62.7. The maximum atomic E-state index is 13.2. The van der Waals surface area contributed by atoms with Crippen molar-refractivity contribution in [3.05, 3.63) is 107 Å². The number of benzene rings is 4. The topological polar surface area (TPSA) is 387 Å². The molecule has 3 heterocycles. The Morgan fingerprint density at radius 2 is 1.16 bits per heavy atom. The lowest BCUT2D eigenvalue weighted by Gasteiger charge is -2.30. The number of likely N-dealkylation sites (N-methyl/N-ethyl adjacent to an activating group) is 1. The number of aromatic nitrogens is 1. The fourth-order valence-corrected chi connectivity index (χ4v) is 14.1. The summed E-state index contributed by atoms with van der Waals surface area (Å²) in [4.78, 5) is 16.9. The monoisotopic (exact) mass is 1280 g/mol. The van der Waals surface area contributed by atoms with Crippen LogP contribution in [0.4, 0.5) is 11.4 Å². The molecule has 2 aliphatic rings. The van der Waals surface area contributed by atoms with Gasteiger partial charge in [0, 0.05) is 84.1 Å². The van der Waals surface area contributed by atoms with Crippen molar-refractivity contribution in [1.29, 1.82) is 0 Å². The number of hydrogen-bond acceptors (Lipinski definition) is 19. The molecule has 0 fully saturated rings. The Kier molecular flexibility index (Phi) is 20.3. The Morgan fingerprint density at radius 3 is 1.68 bits per heavy atom. The SMILES string of the molecule is CCN1C(=CC=C(C)C=CC2=[N+](CCCC(=O)On3c(O)ccc3O)c3ccc4c(S(=O)(=O)O)cc(S(=O)(=O)O)cc4c3C2(C)CCOCCOCCOCCOC)C(C)(CCCS(=O)(=O)O)c2c1ccc1c(S(=O)(=O)O)cc(S(=O)(=O)O)cc21. The second-order valence-electron chi connectivity index (χ2n) is 20.5. The summed E-state index contributed by atoms with van der Waals surface area (Å²) in [7, 11) is -23.5. The van der Waals surface area contributed by atoms with Crippen LogP contribution in [0.15, 0.2) is 116 Å².